The Balaban J connectivity index is 1.24. The molecule has 2 heterocycles. The van der Waals surface area contributed by atoms with Crippen molar-refractivity contribution in [3.05, 3.63) is 47.4 Å². The lowest BCUT2D eigenvalue weighted by molar-refractivity contribution is -0.173. The number of amides is 1. The Bertz CT molecular complexity index is 1060. The molecule has 1 aromatic heterocycles. The van der Waals surface area contributed by atoms with Crippen LogP contribution in [0.4, 0.5) is 23.4 Å². The van der Waals surface area contributed by atoms with E-state index in [4.69, 9.17) is 0 Å². The van der Waals surface area contributed by atoms with Gasteiger partial charge in [0.15, 0.2) is 6.04 Å². The van der Waals surface area contributed by atoms with Crippen LogP contribution in [0.1, 0.15) is 73.0 Å². The number of anilines is 1. The Labute approximate surface area is 195 Å². The quantitative estimate of drug-likeness (QED) is 0.563. The number of carbonyl (C=O) groups is 1. The Hall–Kier alpha value is -2.58. The molecular weight excluding hydrogens is 448 g/mol. The van der Waals surface area contributed by atoms with Crippen LogP contribution in [0.15, 0.2) is 30.5 Å². The third kappa shape index (κ3) is 3.77. The first-order valence-corrected chi connectivity index (χ1v) is 12.1. The van der Waals surface area contributed by atoms with E-state index in [1.807, 2.05) is 0 Å². The Kier molecular flexibility index (Phi) is 4.97. The number of nitrogens with zero attached hydrogens (tertiary/aromatic N) is 2. The second-order valence-corrected chi connectivity index (χ2v) is 11.0. The maximum absolute atomic E-state index is 13.9. The molecule has 4 bridgehead atoms. The van der Waals surface area contributed by atoms with Gasteiger partial charge < -0.3 is 10.6 Å². The zero-order valence-electron chi connectivity index (χ0n) is 18.7. The highest BCUT2D eigenvalue weighted by Crippen LogP contribution is 2.59. The minimum Gasteiger partial charge on any atom is -0.363 e. The van der Waals surface area contributed by atoms with Crippen molar-refractivity contribution in [3.63, 3.8) is 0 Å². The van der Waals surface area contributed by atoms with Crippen LogP contribution in [0.25, 0.3) is 0 Å². The zero-order valence-corrected chi connectivity index (χ0v) is 18.7. The number of aromatic nitrogens is 2. The summed E-state index contributed by atoms with van der Waals surface area (Å²) in [4.78, 5) is 13.2. The molecule has 5 nitrogen and oxygen atoms in total. The summed E-state index contributed by atoms with van der Waals surface area (Å²) in [5.41, 5.74) is 0.768. The highest BCUT2D eigenvalue weighted by molar-refractivity contribution is 5.99. The number of alkyl halides is 3. The summed E-state index contributed by atoms with van der Waals surface area (Å²) in [6.07, 6.45) is 3.70. The van der Waals surface area contributed by atoms with Crippen LogP contribution in [0, 0.1) is 29.0 Å². The molecule has 4 fully saturated rings. The predicted octanol–water partition coefficient (Wildman–Crippen LogP) is 5.63. The average Bonchev–Trinajstić information content (AvgIpc) is 3.20. The van der Waals surface area contributed by atoms with E-state index >= 15 is 0 Å². The van der Waals surface area contributed by atoms with E-state index in [0.717, 1.165) is 41.7 Å². The Morgan fingerprint density at radius 1 is 1.06 bits per heavy atom. The van der Waals surface area contributed by atoms with Crippen molar-refractivity contribution in [1.82, 2.24) is 15.1 Å². The summed E-state index contributed by atoms with van der Waals surface area (Å²) >= 11 is 0. The van der Waals surface area contributed by atoms with Gasteiger partial charge in [-0.05, 0) is 79.4 Å². The van der Waals surface area contributed by atoms with Crippen molar-refractivity contribution in [2.45, 2.75) is 63.2 Å². The van der Waals surface area contributed by atoms with Gasteiger partial charge in [0.2, 0.25) is 0 Å². The molecule has 0 saturated heterocycles. The lowest BCUT2D eigenvalue weighted by atomic mass is 9.49. The van der Waals surface area contributed by atoms with Gasteiger partial charge in [0.05, 0.1) is 12.2 Å². The number of fused-ring (bicyclic) bond motifs is 1. The van der Waals surface area contributed by atoms with E-state index in [-0.39, 0.29) is 23.2 Å². The molecular formula is C25H28F4N4O. The lowest BCUT2D eigenvalue weighted by Gasteiger charge is -2.56. The second kappa shape index (κ2) is 7.71. The number of rotatable bonds is 4. The molecule has 2 N–H and O–H groups in total. The molecule has 5 aliphatic rings. The van der Waals surface area contributed by atoms with Gasteiger partial charge in [-0.1, -0.05) is 12.1 Å². The molecule has 182 valence electrons. The second-order valence-electron chi connectivity index (χ2n) is 11.0. The van der Waals surface area contributed by atoms with Crippen LogP contribution < -0.4 is 10.6 Å². The van der Waals surface area contributed by atoms with Gasteiger partial charge in [-0.3, -0.25) is 4.79 Å². The van der Waals surface area contributed by atoms with Crippen molar-refractivity contribution >= 4 is 11.7 Å². The number of nitrogens with one attached hydrogen (secondary N) is 2. The van der Waals surface area contributed by atoms with Gasteiger partial charge in [-0.15, -0.1) is 0 Å². The highest BCUT2D eigenvalue weighted by atomic mass is 19.4. The van der Waals surface area contributed by atoms with Gasteiger partial charge in [-0.25, -0.2) is 9.07 Å². The number of hydrogen-bond donors (Lipinski definition) is 2. The molecule has 9 heteroatoms. The molecule has 2 atom stereocenters. The lowest BCUT2D eigenvalue weighted by Crippen LogP contribution is -2.51. The minimum absolute atomic E-state index is 0.0610. The monoisotopic (exact) mass is 476 g/mol. The molecule has 1 amide bonds. The summed E-state index contributed by atoms with van der Waals surface area (Å²) in [5, 5.41) is 10.1. The first kappa shape index (κ1) is 21.9. The summed E-state index contributed by atoms with van der Waals surface area (Å²) < 4.78 is 56.0. The molecule has 1 aromatic carbocycles. The van der Waals surface area contributed by atoms with Gasteiger partial charge in [0.1, 0.15) is 17.2 Å². The molecule has 4 saturated carbocycles. The number of benzene rings is 1. The number of halogens is 4. The van der Waals surface area contributed by atoms with Crippen molar-refractivity contribution in [2.24, 2.45) is 23.2 Å². The normalized spacial score (nSPS) is 33.9. The summed E-state index contributed by atoms with van der Waals surface area (Å²) in [7, 11) is 0. The van der Waals surface area contributed by atoms with Crippen molar-refractivity contribution in [2.75, 3.05) is 11.9 Å². The molecule has 0 unspecified atom stereocenters. The van der Waals surface area contributed by atoms with Crippen LogP contribution in [-0.2, 0) is 0 Å². The van der Waals surface area contributed by atoms with Gasteiger partial charge in [-0.2, -0.15) is 18.3 Å². The van der Waals surface area contributed by atoms with Crippen LogP contribution in [0.3, 0.4) is 0 Å². The smallest absolute Gasteiger partial charge is 0.363 e. The summed E-state index contributed by atoms with van der Waals surface area (Å²) in [6.45, 7) is 0.560. The van der Waals surface area contributed by atoms with Gasteiger partial charge in [0.25, 0.3) is 5.91 Å². The molecule has 4 aliphatic carbocycles. The third-order valence-electron chi connectivity index (χ3n) is 8.54. The van der Waals surface area contributed by atoms with Crippen molar-refractivity contribution in [3.8, 4) is 0 Å². The van der Waals surface area contributed by atoms with E-state index in [2.05, 4.69) is 15.7 Å². The first-order valence-electron chi connectivity index (χ1n) is 12.1. The standard InChI is InChI=1S/C25H28F4N4O/c26-18-3-1-17(2-4-18)20-8-21(25(27,28)29)33-22(32-20)19(12-31-33)23(34)30-13-24-9-14-5-15(10-24)7-16(6-14)11-24/h1-4,12,14-16,20-21,32H,5-11,13H2,(H,30,34)/t14?,15?,16?,20-,21+,24?/m0/s1. The third-order valence-corrected chi connectivity index (χ3v) is 8.54. The van der Waals surface area contributed by atoms with Crippen LogP contribution in [-0.4, -0.2) is 28.4 Å². The van der Waals surface area contributed by atoms with E-state index in [1.165, 1.54) is 49.7 Å². The molecule has 7 rings (SSSR count). The number of carbonyl (C=O) groups excluding carboxylic acids is 1. The minimum atomic E-state index is -4.53. The molecule has 0 radical (unpaired) electrons. The molecule has 1 aliphatic heterocycles. The fraction of sp³-hybridized carbons (Fsp3) is 0.600. The highest BCUT2D eigenvalue weighted by Gasteiger charge is 2.51. The summed E-state index contributed by atoms with van der Waals surface area (Å²) in [5.74, 6) is 1.45. The largest absolute Gasteiger partial charge is 0.410 e. The first-order chi connectivity index (χ1) is 16.2. The van der Waals surface area contributed by atoms with Crippen LogP contribution in [0.2, 0.25) is 0 Å². The molecule has 34 heavy (non-hydrogen) atoms. The SMILES string of the molecule is O=C(NCC12CC3CC(CC(C3)C1)C2)c1cnn2c1N[C@H](c1ccc(F)cc1)C[C@@H]2C(F)(F)F. The van der Waals surface area contributed by atoms with Crippen LogP contribution >= 0.6 is 0 Å². The zero-order chi connectivity index (χ0) is 23.7. The van der Waals surface area contributed by atoms with E-state index < -0.39 is 30.0 Å². The average molecular weight is 477 g/mol. The fourth-order valence-electron chi connectivity index (χ4n) is 7.51. The van der Waals surface area contributed by atoms with Crippen molar-refractivity contribution < 1.29 is 22.4 Å². The van der Waals surface area contributed by atoms with Gasteiger partial charge in [0, 0.05) is 13.0 Å². The molecule has 2 aromatic rings. The Morgan fingerprint density at radius 3 is 2.26 bits per heavy atom. The van der Waals surface area contributed by atoms with Crippen molar-refractivity contribution in [1.29, 1.82) is 0 Å². The van der Waals surface area contributed by atoms with Crippen LogP contribution in [0.5, 0.6) is 0 Å². The Morgan fingerprint density at radius 2 is 1.68 bits per heavy atom. The fourth-order valence-corrected chi connectivity index (χ4v) is 7.51. The van der Waals surface area contributed by atoms with E-state index in [0.29, 0.717) is 12.1 Å². The maximum Gasteiger partial charge on any atom is 0.410 e. The topological polar surface area (TPSA) is 59.0 Å². The maximum atomic E-state index is 13.9. The van der Waals surface area contributed by atoms with E-state index in [1.54, 1.807) is 0 Å². The van der Waals surface area contributed by atoms with Gasteiger partial charge >= 0.3 is 6.18 Å². The van der Waals surface area contributed by atoms with E-state index in [9.17, 15) is 22.4 Å². The predicted molar refractivity (Wildman–Crippen MR) is 118 cm³/mol. The summed E-state index contributed by atoms with van der Waals surface area (Å²) in [6, 6.07) is 2.81. The molecule has 0 spiro atoms. The number of hydrogen-bond acceptors (Lipinski definition) is 3.